The Bertz CT molecular complexity index is 1120. The number of carbonyl (C=O) groups is 1. The van der Waals surface area contributed by atoms with Crippen LogP contribution in [0.4, 0.5) is 5.82 Å². The number of hydrogen-bond acceptors (Lipinski definition) is 6. The van der Waals surface area contributed by atoms with Gasteiger partial charge in [-0.25, -0.2) is 0 Å². The predicted molar refractivity (Wildman–Crippen MR) is 134 cm³/mol. The van der Waals surface area contributed by atoms with Gasteiger partial charge in [0.25, 0.3) is 0 Å². The molecule has 2 aromatic heterocycles. The molecule has 3 aromatic rings. The molecule has 2 aliphatic rings. The SMILES string of the molecule is C[C@@H](CCNC(=O)C1CCN(c2ccc3nnc(-c4ccc(Cl)cc4)n3n2)CC1)N1CCCC1. The van der Waals surface area contributed by atoms with Gasteiger partial charge in [-0.05, 0) is 88.5 Å². The van der Waals surface area contributed by atoms with Gasteiger partial charge >= 0.3 is 0 Å². The van der Waals surface area contributed by atoms with Crippen LogP contribution in [0.25, 0.3) is 17.0 Å². The van der Waals surface area contributed by atoms with Gasteiger partial charge in [0, 0.05) is 42.2 Å². The Labute approximate surface area is 205 Å². The Morgan fingerprint density at radius 2 is 1.79 bits per heavy atom. The van der Waals surface area contributed by atoms with Crippen molar-refractivity contribution in [1.82, 2.24) is 30.0 Å². The number of aromatic nitrogens is 4. The molecule has 4 heterocycles. The van der Waals surface area contributed by atoms with E-state index in [-0.39, 0.29) is 11.8 Å². The number of rotatable bonds is 7. The van der Waals surface area contributed by atoms with E-state index >= 15 is 0 Å². The average Bonchev–Trinajstić information content (AvgIpc) is 3.55. The second-order valence-corrected chi connectivity index (χ2v) is 9.86. The van der Waals surface area contributed by atoms with Crippen molar-refractivity contribution in [1.29, 1.82) is 0 Å². The molecule has 1 atom stereocenters. The van der Waals surface area contributed by atoms with E-state index in [1.807, 2.05) is 36.4 Å². The molecule has 0 saturated carbocycles. The van der Waals surface area contributed by atoms with E-state index in [9.17, 15) is 4.79 Å². The molecule has 2 saturated heterocycles. The van der Waals surface area contributed by atoms with E-state index in [4.69, 9.17) is 16.7 Å². The van der Waals surface area contributed by atoms with Gasteiger partial charge in [-0.3, -0.25) is 4.79 Å². The zero-order valence-corrected chi connectivity index (χ0v) is 20.4. The molecule has 5 rings (SSSR count). The van der Waals surface area contributed by atoms with Crippen molar-refractivity contribution < 1.29 is 4.79 Å². The highest BCUT2D eigenvalue weighted by molar-refractivity contribution is 6.30. The second kappa shape index (κ2) is 10.3. The van der Waals surface area contributed by atoms with Crippen LogP contribution < -0.4 is 10.2 Å². The van der Waals surface area contributed by atoms with Crippen LogP contribution in [0, 0.1) is 5.92 Å². The fourth-order valence-corrected chi connectivity index (χ4v) is 5.14. The molecule has 1 aromatic carbocycles. The number of nitrogens with one attached hydrogen (secondary N) is 1. The number of amides is 1. The standard InChI is InChI=1S/C25H32ClN7O/c1-18(31-14-2-3-15-31)10-13-27-25(34)20-11-16-32(17-12-20)23-9-8-22-28-29-24(33(22)30-23)19-4-6-21(26)7-5-19/h4-9,18,20H,2-3,10-17H2,1H3,(H,27,34)/t18-/m0/s1. The van der Waals surface area contributed by atoms with E-state index in [1.165, 1.54) is 25.9 Å². The molecule has 9 heteroatoms. The van der Waals surface area contributed by atoms with E-state index in [1.54, 1.807) is 4.52 Å². The summed E-state index contributed by atoms with van der Waals surface area (Å²) in [5.41, 5.74) is 1.61. The zero-order valence-electron chi connectivity index (χ0n) is 19.7. The zero-order chi connectivity index (χ0) is 23.5. The lowest BCUT2D eigenvalue weighted by Crippen LogP contribution is -2.42. The van der Waals surface area contributed by atoms with Crippen LogP contribution in [-0.4, -0.2) is 69.4 Å². The summed E-state index contributed by atoms with van der Waals surface area (Å²) < 4.78 is 1.78. The molecule has 8 nitrogen and oxygen atoms in total. The van der Waals surface area contributed by atoms with Crippen molar-refractivity contribution in [2.75, 3.05) is 37.6 Å². The summed E-state index contributed by atoms with van der Waals surface area (Å²) in [5, 5.41) is 17.2. The molecule has 180 valence electrons. The lowest BCUT2D eigenvalue weighted by molar-refractivity contribution is -0.125. The summed E-state index contributed by atoms with van der Waals surface area (Å²) in [5.74, 6) is 1.83. The van der Waals surface area contributed by atoms with Crippen LogP contribution in [0.5, 0.6) is 0 Å². The number of likely N-dealkylation sites (tertiary alicyclic amines) is 1. The predicted octanol–water partition coefficient (Wildman–Crippen LogP) is 3.65. The lowest BCUT2D eigenvalue weighted by atomic mass is 9.96. The van der Waals surface area contributed by atoms with Gasteiger partial charge in [0.05, 0.1) is 0 Å². The topological polar surface area (TPSA) is 78.7 Å². The molecule has 0 spiro atoms. The fourth-order valence-electron chi connectivity index (χ4n) is 5.01. The van der Waals surface area contributed by atoms with Gasteiger partial charge < -0.3 is 15.1 Å². The van der Waals surface area contributed by atoms with Gasteiger partial charge in [0.2, 0.25) is 5.91 Å². The Kier molecular flexibility index (Phi) is 6.97. The molecule has 2 aliphatic heterocycles. The first-order valence-electron chi connectivity index (χ1n) is 12.3. The Morgan fingerprint density at radius 1 is 1.06 bits per heavy atom. The van der Waals surface area contributed by atoms with Crippen LogP contribution in [0.1, 0.15) is 39.0 Å². The number of fused-ring (bicyclic) bond motifs is 1. The van der Waals surface area contributed by atoms with Gasteiger partial charge in [-0.1, -0.05) is 11.6 Å². The summed E-state index contributed by atoms with van der Waals surface area (Å²) in [6, 6.07) is 12.0. The van der Waals surface area contributed by atoms with Crippen molar-refractivity contribution in [3.05, 3.63) is 41.4 Å². The summed E-state index contributed by atoms with van der Waals surface area (Å²) in [6.45, 7) is 7.04. The molecule has 1 amide bonds. The second-order valence-electron chi connectivity index (χ2n) is 9.43. The van der Waals surface area contributed by atoms with E-state index in [2.05, 4.69) is 32.2 Å². The molecular weight excluding hydrogens is 450 g/mol. The third-order valence-electron chi connectivity index (χ3n) is 7.17. The summed E-state index contributed by atoms with van der Waals surface area (Å²) >= 11 is 6.03. The average molecular weight is 482 g/mol. The molecular formula is C25H32ClN7O. The first-order chi connectivity index (χ1) is 16.6. The third kappa shape index (κ3) is 5.03. The quantitative estimate of drug-likeness (QED) is 0.555. The molecule has 0 bridgehead atoms. The van der Waals surface area contributed by atoms with Crippen molar-refractivity contribution >= 4 is 29.0 Å². The highest BCUT2D eigenvalue weighted by Crippen LogP contribution is 2.25. The summed E-state index contributed by atoms with van der Waals surface area (Å²) in [6.07, 6.45) is 5.29. The van der Waals surface area contributed by atoms with Crippen molar-refractivity contribution in [2.45, 2.75) is 45.1 Å². The normalized spacial score (nSPS) is 18.5. The smallest absolute Gasteiger partial charge is 0.223 e. The maximum absolute atomic E-state index is 12.7. The molecule has 0 radical (unpaired) electrons. The van der Waals surface area contributed by atoms with Crippen molar-refractivity contribution in [3.8, 4) is 11.4 Å². The van der Waals surface area contributed by atoms with Crippen molar-refractivity contribution in [2.24, 2.45) is 5.92 Å². The molecule has 0 aliphatic carbocycles. The summed E-state index contributed by atoms with van der Waals surface area (Å²) in [4.78, 5) is 17.5. The Morgan fingerprint density at radius 3 is 2.53 bits per heavy atom. The van der Waals surface area contributed by atoms with Crippen LogP contribution in [0.15, 0.2) is 36.4 Å². The van der Waals surface area contributed by atoms with Gasteiger partial charge in [-0.2, -0.15) is 4.52 Å². The van der Waals surface area contributed by atoms with E-state index in [0.717, 1.165) is 50.3 Å². The van der Waals surface area contributed by atoms with Crippen LogP contribution in [-0.2, 0) is 4.79 Å². The number of piperidine rings is 1. The molecule has 1 N–H and O–H groups in total. The minimum absolute atomic E-state index is 0.0709. The number of carbonyl (C=O) groups excluding carboxylic acids is 1. The molecule has 34 heavy (non-hydrogen) atoms. The van der Waals surface area contributed by atoms with Crippen LogP contribution in [0.2, 0.25) is 5.02 Å². The number of halogens is 1. The molecule has 2 fully saturated rings. The van der Waals surface area contributed by atoms with Gasteiger partial charge in [-0.15, -0.1) is 15.3 Å². The minimum atomic E-state index is 0.0709. The Balaban J connectivity index is 1.16. The van der Waals surface area contributed by atoms with E-state index in [0.29, 0.717) is 22.5 Å². The minimum Gasteiger partial charge on any atom is -0.356 e. The fraction of sp³-hybridized carbons (Fsp3) is 0.520. The largest absolute Gasteiger partial charge is 0.356 e. The number of hydrogen-bond donors (Lipinski definition) is 1. The molecule has 0 unspecified atom stereocenters. The number of nitrogens with zero attached hydrogens (tertiary/aromatic N) is 6. The maximum Gasteiger partial charge on any atom is 0.223 e. The summed E-state index contributed by atoms with van der Waals surface area (Å²) in [7, 11) is 0. The van der Waals surface area contributed by atoms with Gasteiger partial charge in [0.1, 0.15) is 5.82 Å². The Hall–Kier alpha value is -2.71. The lowest BCUT2D eigenvalue weighted by Gasteiger charge is -2.32. The van der Waals surface area contributed by atoms with Crippen LogP contribution >= 0.6 is 11.6 Å². The first kappa shape index (κ1) is 23.1. The first-order valence-corrected chi connectivity index (χ1v) is 12.7. The maximum atomic E-state index is 12.7. The highest BCUT2D eigenvalue weighted by Gasteiger charge is 2.26. The van der Waals surface area contributed by atoms with Crippen LogP contribution in [0.3, 0.4) is 0 Å². The van der Waals surface area contributed by atoms with E-state index < -0.39 is 0 Å². The number of benzene rings is 1. The number of anilines is 1. The highest BCUT2D eigenvalue weighted by atomic mass is 35.5. The monoisotopic (exact) mass is 481 g/mol. The third-order valence-corrected chi connectivity index (χ3v) is 7.42. The van der Waals surface area contributed by atoms with Gasteiger partial charge in [0.15, 0.2) is 11.5 Å². The van der Waals surface area contributed by atoms with Crippen molar-refractivity contribution in [3.63, 3.8) is 0 Å².